The van der Waals surface area contributed by atoms with Crippen LogP contribution in [0.2, 0.25) is 0 Å². The van der Waals surface area contributed by atoms with Gasteiger partial charge < -0.3 is 23.7 Å². The maximum absolute atomic E-state index is 6.94. The van der Waals surface area contributed by atoms with Gasteiger partial charge in [0.25, 0.3) is 0 Å². The highest BCUT2D eigenvalue weighted by Crippen LogP contribution is 2.59. The molecule has 4 saturated heterocycles. The second kappa shape index (κ2) is 15.9. The van der Waals surface area contributed by atoms with E-state index >= 15 is 0 Å². The van der Waals surface area contributed by atoms with Gasteiger partial charge in [-0.1, -0.05) is 142 Å². The summed E-state index contributed by atoms with van der Waals surface area (Å²) in [6, 6.07) is 0. The zero-order valence-corrected chi connectivity index (χ0v) is 25.8. The molecule has 0 saturated carbocycles. The smallest absolute Gasteiger partial charge is 0.205 e. The molecular weight excluding hydrogens is 488 g/mol. The molecule has 4 rings (SSSR count). The van der Waals surface area contributed by atoms with Crippen molar-refractivity contribution in [3.63, 3.8) is 0 Å². The average molecular weight is 551 g/mol. The molecule has 4 fully saturated rings. The Labute approximate surface area is 240 Å². The van der Waals surface area contributed by atoms with Crippen LogP contribution in [0.4, 0.5) is 0 Å². The van der Waals surface area contributed by atoms with Gasteiger partial charge in [0.2, 0.25) is 11.6 Å². The summed E-state index contributed by atoms with van der Waals surface area (Å²) in [5.41, 5.74) is -0.547. The van der Waals surface area contributed by atoms with Gasteiger partial charge in [-0.3, -0.25) is 0 Å². The third kappa shape index (κ3) is 8.43. The lowest BCUT2D eigenvalue weighted by Crippen LogP contribution is -2.68. The minimum Gasteiger partial charge on any atom is -0.364 e. The van der Waals surface area contributed by atoms with E-state index < -0.39 is 11.6 Å². The molecule has 228 valence electrons. The number of epoxide rings is 2. The van der Waals surface area contributed by atoms with Crippen LogP contribution in [0.3, 0.4) is 0 Å². The third-order valence-electron chi connectivity index (χ3n) is 10.1. The van der Waals surface area contributed by atoms with Crippen molar-refractivity contribution >= 4 is 0 Å². The fraction of sp³-hybridized carbons (Fsp3) is 1.00. The van der Waals surface area contributed by atoms with Crippen molar-refractivity contribution in [2.75, 3.05) is 26.4 Å². The minimum absolute atomic E-state index is 0.273. The van der Waals surface area contributed by atoms with Gasteiger partial charge in [-0.2, -0.15) is 0 Å². The summed E-state index contributed by atoms with van der Waals surface area (Å²) in [6.45, 7) is 7.60. The normalized spacial score (nSPS) is 33.1. The van der Waals surface area contributed by atoms with Crippen molar-refractivity contribution in [1.82, 2.24) is 0 Å². The van der Waals surface area contributed by atoms with Gasteiger partial charge in [0.05, 0.1) is 26.4 Å². The fourth-order valence-electron chi connectivity index (χ4n) is 6.99. The monoisotopic (exact) mass is 550 g/mol. The zero-order valence-electron chi connectivity index (χ0n) is 25.8. The molecule has 4 unspecified atom stereocenters. The van der Waals surface area contributed by atoms with Gasteiger partial charge in [-0.15, -0.1) is 0 Å². The number of hydrogen-bond donors (Lipinski definition) is 0. The summed E-state index contributed by atoms with van der Waals surface area (Å²) in [5, 5.41) is 0. The standard InChI is InChI=1S/C34H62O5/c1-3-5-7-9-11-13-15-17-19-21-23-31(29-37-31)33(25-27-35-33)39-34(26-28-36-34)32(30-38-32)24-22-20-18-16-14-12-10-8-6-4-2/h3-30H2,1-2H3. The van der Waals surface area contributed by atoms with E-state index in [2.05, 4.69) is 13.8 Å². The van der Waals surface area contributed by atoms with E-state index in [4.69, 9.17) is 23.7 Å². The number of rotatable bonds is 26. The van der Waals surface area contributed by atoms with Gasteiger partial charge in [0.15, 0.2) is 0 Å². The van der Waals surface area contributed by atoms with Gasteiger partial charge in [-0.05, 0) is 12.8 Å². The summed E-state index contributed by atoms with van der Waals surface area (Å²) in [7, 11) is 0. The van der Waals surface area contributed by atoms with Crippen molar-refractivity contribution in [1.29, 1.82) is 0 Å². The molecule has 0 aromatic heterocycles. The Morgan fingerprint density at radius 3 is 0.949 bits per heavy atom. The topological polar surface area (TPSA) is 52.8 Å². The van der Waals surface area contributed by atoms with Gasteiger partial charge >= 0.3 is 0 Å². The molecule has 0 aromatic carbocycles. The first-order valence-corrected chi connectivity index (χ1v) is 17.4. The van der Waals surface area contributed by atoms with Crippen molar-refractivity contribution < 1.29 is 23.7 Å². The van der Waals surface area contributed by atoms with E-state index in [0.29, 0.717) is 0 Å². The van der Waals surface area contributed by atoms with Crippen LogP contribution in [-0.4, -0.2) is 49.2 Å². The molecule has 0 spiro atoms. The lowest BCUT2D eigenvalue weighted by Gasteiger charge is -2.55. The predicted octanol–water partition coefficient (Wildman–Crippen LogP) is 9.40. The molecule has 5 nitrogen and oxygen atoms in total. The van der Waals surface area contributed by atoms with Crippen LogP contribution in [0.1, 0.15) is 168 Å². The summed E-state index contributed by atoms with van der Waals surface area (Å²) >= 11 is 0. The molecule has 0 aliphatic carbocycles. The van der Waals surface area contributed by atoms with Crippen LogP contribution in [-0.2, 0) is 23.7 Å². The maximum atomic E-state index is 6.94. The molecule has 0 N–H and O–H groups in total. The van der Waals surface area contributed by atoms with Crippen LogP contribution < -0.4 is 0 Å². The summed E-state index contributed by atoms with van der Waals surface area (Å²) in [6.07, 6.45) is 30.9. The molecule has 4 atom stereocenters. The lowest BCUT2D eigenvalue weighted by atomic mass is 9.83. The van der Waals surface area contributed by atoms with Crippen LogP contribution in [0.5, 0.6) is 0 Å². The van der Waals surface area contributed by atoms with E-state index in [0.717, 1.165) is 52.1 Å². The first-order valence-electron chi connectivity index (χ1n) is 17.4. The molecule has 5 heteroatoms. The van der Waals surface area contributed by atoms with Crippen LogP contribution >= 0.6 is 0 Å². The van der Waals surface area contributed by atoms with Crippen LogP contribution in [0, 0.1) is 0 Å². The Hall–Kier alpha value is -0.200. The quantitative estimate of drug-likeness (QED) is 0.0793. The molecule has 0 bridgehead atoms. The fourth-order valence-corrected chi connectivity index (χ4v) is 6.99. The van der Waals surface area contributed by atoms with Crippen molar-refractivity contribution in [2.45, 2.75) is 191 Å². The summed E-state index contributed by atoms with van der Waals surface area (Å²) in [4.78, 5) is 0. The first kappa shape index (κ1) is 31.7. The molecule has 4 heterocycles. The molecule has 0 amide bonds. The average Bonchev–Trinajstić information content (AvgIpc) is 3.82. The summed E-state index contributed by atoms with van der Waals surface area (Å²) in [5.74, 6) is -1.27. The van der Waals surface area contributed by atoms with Gasteiger partial charge in [-0.25, -0.2) is 0 Å². The molecule has 4 aliphatic heterocycles. The Morgan fingerprint density at radius 2 is 0.718 bits per heavy atom. The highest BCUT2D eigenvalue weighted by Gasteiger charge is 2.74. The molecule has 0 radical (unpaired) electrons. The Morgan fingerprint density at radius 1 is 0.436 bits per heavy atom. The summed E-state index contributed by atoms with van der Waals surface area (Å²) < 4.78 is 31.8. The van der Waals surface area contributed by atoms with Crippen LogP contribution in [0.25, 0.3) is 0 Å². The largest absolute Gasteiger partial charge is 0.364 e. The van der Waals surface area contributed by atoms with Gasteiger partial charge in [0.1, 0.15) is 11.2 Å². The number of unbranched alkanes of at least 4 members (excludes halogenated alkanes) is 18. The van der Waals surface area contributed by atoms with Crippen molar-refractivity contribution in [3.05, 3.63) is 0 Å². The van der Waals surface area contributed by atoms with Crippen molar-refractivity contribution in [2.24, 2.45) is 0 Å². The van der Waals surface area contributed by atoms with Crippen molar-refractivity contribution in [3.8, 4) is 0 Å². The van der Waals surface area contributed by atoms with Crippen LogP contribution in [0.15, 0.2) is 0 Å². The van der Waals surface area contributed by atoms with E-state index in [1.54, 1.807) is 0 Å². The Bertz CT molecular complexity index is 606. The number of ether oxygens (including phenoxy) is 5. The molecule has 4 aliphatic rings. The zero-order chi connectivity index (χ0) is 27.3. The van der Waals surface area contributed by atoms with E-state index in [1.165, 1.54) is 128 Å². The number of hydrogen-bond acceptors (Lipinski definition) is 5. The first-order chi connectivity index (χ1) is 19.2. The maximum Gasteiger partial charge on any atom is 0.205 e. The SMILES string of the molecule is CCCCCCCCCCCCC1(C2(OC3(C4(CCCCCCCCCCCC)CO4)CCO3)CCO2)CO1. The Balaban J connectivity index is 1.14. The highest BCUT2D eigenvalue weighted by atomic mass is 16.8. The highest BCUT2D eigenvalue weighted by molar-refractivity contribution is 5.14. The molecule has 39 heavy (non-hydrogen) atoms. The van der Waals surface area contributed by atoms with E-state index in [1.807, 2.05) is 0 Å². The second-order valence-electron chi connectivity index (χ2n) is 13.2. The second-order valence-corrected chi connectivity index (χ2v) is 13.2. The Kier molecular flexibility index (Phi) is 12.9. The van der Waals surface area contributed by atoms with E-state index in [-0.39, 0.29) is 11.2 Å². The third-order valence-corrected chi connectivity index (χ3v) is 10.1. The molecule has 0 aromatic rings. The lowest BCUT2D eigenvalue weighted by molar-refractivity contribution is -0.458. The molecular formula is C34H62O5. The van der Waals surface area contributed by atoms with E-state index in [9.17, 15) is 0 Å². The van der Waals surface area contributed by atoms with Gasteiger partial charge in [0, 0.05) is 12.8 Å². The predicted molar refractivity (Wildman–Crippen MR) is 158 cm³/mol. The minimum atomic E-state index is -0.635.